The first-order valence-corrected chi connectivity index (χ1v) is 14.6. The van der Waals surface area contributed by atoms with Crippen LogP contribution in [0.15, 0.2) is 109 Å². The Morgan fingerprint density at radius 1 is 0.628 bits per heavy atom. The van der Waals surface area contributed by atoms with Crippen LogP contribution in [-0.2, 0) is 9.84 Å². The highest BCUT2D eigenvalue weighted by Crippen LogP contribution is 2.38. The lowest BCUT2D eigenvalue weighted by molar-refractivity contribution is -0.385. The Bertz CT molecular complexity index is 1640. The molecular weight excluding hydrogens is 572 g/mol. The molecule has 0 fully saturated rings. The van der Waals surface area contributed by atoms with Gasteiger partial charge in [-0.2, -0.15) is 0 Å². The Kier molecular flexibility index (Phi) is 9.68. The molecule has 2 atom stereocenters. The fraction of sp³-hybridized carbons (Fsp3) is 0.125. The van der Waals surface area contributed by atoms with Crippen molar-refractivity contribution in [2.45, 2.75) is 10.5 Å². The zero-order chi connectivity index (χ0) is 31.0. The molecule has 0 radical (unpaired) electrons. The molecule has 0 bridgehead atoms. The van der Waals surface area contributed by atoms with Crippen LogP contribution in [0.5, 0.6) is 11.5 Å². The number of non-ortho nitro benzene ring substituents is 2. The number of rotatable bonds is 12. The molecule has 4 aromatic rings. The van der Waals surface area contributed by atoms with Gasteiger partial charge in [-0.25, -0.2) is 8.42 Å². The van der Waals surface area contributed by atoms with Crippen LogP contribution in [0.3, 0.4) is 0 Å². The second-order valence-electron chi connectivity index (χ2n) is 9.40. The van der Waals surface area contributed by atoms with Gasteiger partial charge in [-0.15, -0.1) is 0 Å². The van der Waals surface area contributed by atoms with Crippen molar-refractivity contribution in [3.8, 4) is 11.5 Å². The van der Waals surface area contributed by atoms with Crippen molar-refractivity contribution >= 4 is 33.4 Å². The van der Waals surface area contributed by atoms with Crippen molar-refractivity contribution < 1.29 is 27.7 Å². The standard InChI is InChI=1S/C32H28N2O8S/c1-41-29-15-11-25(12-16-29)31(19-9-23-5-3-7-27(21-23)33(35)36)43(39,40)32(26-13-17-30(42-2)18-14-26)20-10-24-6-4-8-28(22-24)34(37)38/h3-22,31-32H,1-2H3/b19-9+,20-10+. The van der Waals surface area contributed by atoms with Gasteiger partial charge in [0.2, 0.25) is 0 Å². The van der Waals surface area contributed by atoms with Crippen LogP contribution in [0.1, 0.15) is 32.8 Å². The second kappa shape index (κ2) is 13.6. The van der Waals surface area contributed by atoms with Gasteiger partial charge in [0.1, 0.15) is 22.0 Å². The summed E-state index contributed by atoms with van der Waals surface area (Å²) in [6, 6.07) is 25.0. The number of hydrogen-bond donors (Lipinski definition) is 0. The zero-order valence-corrected chi connectivity index (χ0v) is 24.1. The van der Waals surface area contributed by atoms with Crippen molar-refractivity contribution in [2.75, 3.05) is 14.2 Å². The van der Waals surface area contributed by atoms with Crippen LogP contribution in [-0.4, -0.2) is 32.5 Å². The number of nitro benzene ring substituents is 2. The van der Waals surface area contributed by atoms with Crippen molar-refractivity contribution in [1.29, 1.82) is 0 Å². The maximum absolute atomic E-state index is 14.6. The molecule has 0 amide bonds. The van der Waals surface area contributed by atoms with Crippen molar-refractivity contribution in [3.05, 3.63) is 152 Å². The molecule has 4 rings (SSSR count). The maximum Gasteiger partial charge on any atom is 0.270 e. The molecule has 4 aromatic carbocycles. The molecule has 0 heterocycles. The molecule has 0 aliphatic heterocycles. The lowest BCUT2D eigenvalue weighted by Crippen LogP contribution is -2.19. The average Bonchev–Trinajstić information content (AvgIpc) is 3.02. The maximum atomic E-state index is 14.6. The molecule has 10 nitrogen and oxygen atoms in total. The van der Waals surface area contributed by atoms with Gasteiger partial charge in [0.15, 0.2) is 9.84 Å². The van der Waals surface area contributed by atoms with Gasteiger partial charge in [-0.1, -0.05) is 72.8 Å². The summed E-state index contributed by atoms with van der Waals surface area (Å²) in [5.74, 6) is 1.08. The first-order chi connectivity index (χ1) is 20.6. The first-order valence-electron chi connectivity index (χ1n) is 13.0. The number of methoxy groups -OCH3 is 2. The molecule has 2 unspecified atom stereocenters. The van der Waals surface area contributed by atoms with E-state index in [0.29, 0.717) is 33.8 Å². The summed E-state index contributed by atoms with van der Waals surface area (Å²) >= 11 is 0. The Morgan fingerprint density at radius 3 is 1.33 bits per heavy atom. The summed E-state index contributed by atoms with van der Waals surface area (Å²) in [4.78, 5) is 21.5. The Morgan fingerprint density at radius 2 is 1.00 bits per heavy atom. The van der Waals surface area contributed by atoms with E-state index in [2.05, 4.69) is 0 Å². The summed E-state index contributed by atoms with van der Waals surface area (Å²) in [7, 11) is -1.12. The van der Waals surface area contributed by atoms with Gasteiger partial charge < -0.3 is 9.47 Å². The lowest BCUT2D eigenvalue weighted by atomic mass is 10.1. The highest BCUT2D eigenvalue weighted by Gasteiger charge is 2.33. The van der Waals surface area contributed by atoms with E-state index in [1.165, 1.54) is 74.9 Å². The third-order valence-electron chi connectivity index (χ3n) is 6.69. The number of ether oxygens (including phenoxy) is 2. The number of nitro groups is 2. The SMILES string of the molecule is COc1ccc(C(/C=C/c2cccc([N+](=O)[O-])c2)S(=O)(=O)C(/C=C/c2cccc([N+](=O)[O-])c2)c2ccc(OC)cc2)cc1. The minimum Gasteiger partial charge on any atom is -0.497 e. The van der Waals surface area contributed by atoms with Crippen molar-refractivity contribution in [3.63, 3.8) is 0 Å². The van der Waals surface area contributed by atoms with E-state index in [4.69, 9.17) is 9.47 Å². The Labute approximate surface area is 248 Å². The van der Waals surface area contributed by atoms with Crippen LogP contribution in [0.25, 0.3) is 12.2 Å². The highest BCUT2D eigenvalue weighted by molar-refractivity contribution is 7.92. The number of nitrogens with zero attached hydrogens (tertiary/aromatic N) is 2. The summed E-state index contributed by atoms with van der Waals surface area (Å²) in [6.45, 7) is 0. The molecule has 0 spiro atoms. The molecule has 0 saturated carbocycles. The summed E-state index contributed by atoms with van der Waals surface area (Å²) in [6.07, 6.45) is 6.06. The van der Waals surface area contributed by atoms with E-state index in [-0.39, 0.29) is 11.4 Å². The summed E-state index contributed by atoms with van der Waals surface area (Å²) in [5.41, 5.74) is 1.56. The average molecular weight is 601 g/mol. The lowest BCUT2D eigenvalue weighted by Gasteiger charge is -2.22. The number of sulfone groups is 1. The van der Waals surface area contributed by atoms with E-state index < -0.39 is 30.2 Å². The Balaban J connectivity index is 1.85. The second-order valence-corrected chi connectivity index (χ2v) is 11.6. The van der Waals surface area contributed by atoms with Crippen LogP contribution < -0.4 is 9.47 Å². The summed E-state index contributed by atoms with van der Waals surface area (Å²) in [5, 5.41) is 20.2. The quantitative estimate of drug-likeness (QED) is 0.123. The van der Waals surface area contributed by atoms with E-state index >= 15 is 0 Å². The molecule has 43 heavy (non-hydrogen) atoms. The smallest absolute Gasteiger partial charge is 0.270 e. The Hall–Kier alpha value is -5.29. The van der Waals surface area contributed by atoms with Crippen LogP contribution in [0, 0.1) is 20.2 Å². The van der Waals surface area contributed by atoms with E-state index in [0.717, 1.165) is 0 Å². The number of benzene rings is 4. The van der Waals surface area contributed by atoms with E-state index in [9.17, 15) is 28.6 Å². The summed E-state index contributed by atoms with van der Waals surface area (Å²) < 4.78 is 39.6. The van der Waals surface area contributed by atoms with Gasteiger partial charge in [-0.3, -0.25) is 20.2 Å². The predicted molar refractivity (Wildman–Crippen MR) is 165 cm³/mol. The molecule has 0 aliphatic carbocycles. The largest absolute Gasteiger partial charge is 0.497 e. The fourth-order valence-electron chi connectivity index (χ4n) is 4.45. The van der Waals surface area contributed by atoms with Gasteiger partial charge in [0.25, 0.3) is 11.4 Å². The molecule has 220 valence electrons. The van der Waals surface area contributed by atoms with Gasteiger partial charge in [-0.05, 0) is 46.5 Å². The minimum absolute atomic E-state index is 0.123. The third kappa shape index (κ3) is 7.52. The van der Waals surface area contributed by atoms with Crippen molar-refractivity contribution in [1.82, 2.24) is 0 Å². The third-order valence-corrected chi connectivity index (χ3v) is 8.96. The van der Waals surface area contributed by atoms with Crippen molar-refractivity contribution in [2.24, 2.45) is 0 Å². The van der Waals surface area contributed by atoms with Crippen LogP contribution in [0.2, 0.25) is 0 Å². The molecule has 0 N–H and O–H groups in total. The fourth-order valence-corrected chi connectivity index (χ4v) is 6.43. The predicted octanol–water partition coefficient (Wildman–Crippen LogP) is 7.14. The molecule has 0 aromatic heterocycles. The topological polar surface area (TPSA) is 139 Å². The van der Waals surface area contributed by atoms with Gasteiger partial charge >= 0.3 is 0 Å². The molecule has 0 saturated heterocycles. The van der Waals surface area contributed by atoms with Gasteiger partial charge in [0, 0.05) is 24.3 Å². The van der Waals surface area contributed by atoms with Crippen LogP contribution >= 0.6 is 0 Å². The van der Waals surface area contributed by atoms with E-state index in [1.54, 1.807) is 60.7 Å². The van der Waals surface area contributed by atoms with Crippen LogP contribution in [0.4, 0.5) is 11.4 Å². The molecule has 11 heteroatoms. The van der Waals surface area contributed by atoms with Gasteiger partial charge in [0.05, 0.1) is 24.1 Å². The monoisotopic (exact) mass is 600 g/mol. The zero-order valence-electron chi connectivity index (χ0n) is 23.3. The van der Waals surface area contributed by atoms with E-state index in [1.807, 2.05) is 0 Å². The minimum atomic E-state index is -4.12. The number of hydrogen-bond acceptors (Lipinski definition) is 8. The molecule has 0 aliphatic rings. The first kappa shape index (κ1) is 30.7. The molecular formula is C32H28N2O8S. The highest BCUT2D eigenvalue weighted by atomic mass is 32.2. The normalized spacial score (nSPS) is 13.1.